The van der Waals surface area contributed by atoms with Crippen LogP contribution in [0.1, 0.15) is 42.5 Å². The Labute approximate surface area is 169 Å². The number of amides is 4. The van der Waals surface area contributed by atoms with Crippen molar-refractivity contribution in [2.24, 2.45) is 0 Å². The van der Waals surface area contributed by atoms with Crippen LogP contribution in [0.25, 0.3) is 0 Å². The molecule has 2 aromatic rings. The van der Waals surface area contributed by atoms with E-state index in [1.165, 1.54) is 0 Å². The lowest BCUT2D eigenvalue weighted by Gasteiger charge is -2.22. The number of nitrogens with one attached hydrogen (secondary N) is 2. The van der Waals surface area contributed by atoms with Crippen molar-refractivity contribution < 1.29 is 23.5 Å². The summed E-state index contributed by atoms with van der Waals surface area (Å²) >= 11 is 0. The van der Waals surface area contributed by atoms with Crippen LogP contribution in [0.4, 0.5) is 4.79 Å². The van der Waals surface area contributed by atoms with Gasteiger partial charge in [-0.25, -0.2) is 4.79 Å². The monoisotopic (exact) mass is 399 g/mol. The van der Waals surface area contributed by atoms with Crippen molar-refractivity contribution >= 4 is 17.8 Å². The number of rotatable bonds is 6. The summed E-state index contributed by atoms with van der Waals surface area (Å²) in [5.41, 5.74) is 0.224. The van der Waals surface area contributed by atoms with E-state index in [9.17, 15) is 14.4 Å². The van der Waals surface area contributed by atoms with Crippen LogP contribution in [-0.4, -0.2) is 36.4 Å². The Morgan fingerprint density at radius 1 is 1.28 bits per heavy atom. The molecule has 8 nitrogen and oxygen atoms in total. The Morgan fingerprint density at radius 2 is 1.93 bits per heavy atom. The Hall–Kier alpha value is -3.29. The number of imide groups is 1. The molecule has 1 aromatic heterocycles. The molecule has 154 valence electrons. The normalized spacial score (nSPS) is 19.8. The number of ether oxygens (including phenoxy) is 1. The summed E-state index contributed by atoms with van der Waals surface area (Å²) in [6.45, 7) is 6.73. The molecule has 1 saturated heterocycles. The first kappa shape index (κ1) is 20.4. The van der Waals surface area contributed by atoms with Crippen LogP contribution >= 0.6 is 0 Å². The van der Waals surface area contributed by atoms with E-state index in [0.717, 1.165) is 22.0 Å². The number of carbonyl (C=O) groups is 3. The van der Waals surface area contributed by atoms with Crippen LogP contribution < -0.4 is 15.4 Å². The summed E-state index contributed by atoms with van der Waals surface area (Å²) in [5, 5.41) is 5.50. The first-order valence-electron chi connectivity index (χ1n) is 9.30. The molecule has 3 rings (SSSR count). The lowest BCUT2D eigenvalue weighted by atomic mass is 9.92. The summed E-state index contributed by atoms with van der Waals surface area (Å²) in [5.74, 6) is 1.20. The molecule has 1 fully saturated rings. The van der Waals surface area contributed by atoms with Crippen LogP contribution in [0, 0.1) is 13.8 Å². The van der Waals surface area contributed by atoms with Gasteiger partial charge in [0.15, 0.2) is 0 Å². The highest BCUT2D eigenvalue weighted by atomic mass is 16.5. The Balaban J connectivity index is 1.70. The molecule has 2 unspecified atom stereocenters. The lowest BCUT2D eigenvalue weighted by Crippen LogP contribution is -2.43. The van der Waals surface area contributed by atoms with Crippen LogP contribution in [0.5, 0.6) is 5.75 Å². The van der Waals surface area contributed by atoms with Gasteiger partial charge >= 0.3 is 6.03 Å². The quantitative estimate of drug-likeness (QED) is 0.727. The van der Waals surface area contributed by atoms with Gasteiger partial charge in [-0.3, -0.25) is 14.5 Å². The van der Waals surface area contributed by atoms with Crippen molar-refractivity contribution in [1.29, 1.82) is 0 Å². The summed E-state index contributed by atoms with van der Waals surface area (Å²) < 4.78 is 10.6. The zero-order valence-corrected chi connectivity index (χ0v) is 17.2. The van der Waals surface area contributed by atoms with Gasteiger partial charge in [-0.1, -0.05) is 12.1 Å². The van der Waals surface area contributed by atoms with Gasteiger partial charge in [0.2, 0.25) is 5.91 Å². The number of hydrogen-bond donors (Lipinski definition) is 2. The maximum atomic E-state index is 13.0. The van der Waals surface area contributed by atoms with E-state index >= 15 is 0 Å². The van der Waals surface area contributed by atoms with E-state index < -0.39 is 23.4 Å². The predicted octanol–water partition coefficient (Wildman–Crippen LogP) is 2.55. The van der Waals surface area contributed by atoms with Crippen LogP contribution in [-0.2, 0) is 15.1 Å². The number of nitrogens with zero attached hydrogens (tertiary/aromatic N) is 1. The molecule has 0 radical (unpaired) electrons. The summed E-state index contributed by atoms with van der Waals surface area (Å²) in [6.07, 6.45) is 0. The number of methoxy groups -OCH3 is 1. The van der Waals surface area contributed by atoms with Gasteiger partial charge < -0.3 is 19.8 Å². The Kier molecular flexibility index (Phi) is 5.37. The minimum atomic E-state index is -1.24. The van der Waals surface area contributed by atoms with Crippen LogP contribution in [0.3, 0.4) is 0 Å². The van der Waals surface area contributed by atoms with Gasteiger partial charge in [0.25, 0.3) is 5.91 Å². The number of benzene rings is 1. The predicted molar refractivity (Wildman–Crippen MR) is 105 cm³/mol. The fourth-order valence-corrected chi connectivity index (χ4v) is 3.55. The maximum absolute atomic E-state index is 13.0. The molecular formula is C21H25N3O5. The standard InChI is InChI=1S/C21H25N3O5/c1-12-10-17(14(3)29-12)13(2)22-18(25)11-24-19(26)21(4,23-20(24)27)15-6-8-16(28-5)9-7-15/h6-10,13H,11H2,1-5H3,(H,22,25)(H,23,27). The van der Waals surface area contributed by atoms with Gasteiger partial charge in [-0.05, 0) is 51.5 Å². The minimum absolute atomic E-state index is 0.311. The second-order valence-corrected chi connectivity index (χ2v) is 7.33. The minimum Gasteiger partial charge on any atom is -0.497 e. The molecule has 2 heterocycles. The van der Waals surface area contributed by atoms with Crippen molar-refractivity contribution in [1.82, 2.24) is 15.5 Å². The van der Waals surface area contributed by atoms with E-state index in [-0.39, 0.29) is 12.6 Å². The second-order valence-electron chi connectivity index (χ2n) is 7.33. The zero-order chi connectivity index (χ0) is 21.3. The molecule has 2 N–H and O–H groups in total. The second kappa shape index (κ2) is 7.62. The molecular weight excluding hydrogens is 374 g/mol. The first-order chi connectivity index (χ1) is 13.7. The maximum Gasteiger partial charge on any atom is 0.325 e. The van der Waals surface area contributed by atoms with Crippen molar-refractivity contribution in [2.75, 3.05) is 13.7 Å². The molecule has 0 saturated carbocycles. The van der Waals surface area contributed by atoms with E-state index in [0.29, 0.717) is 11.3 Å². The first-order valence-corrected chi connectivity index (χ1v) is 9.30. The fraction of sp³-hybridized carbons (Fsp3) is 0.381. The van der Waals surface area contributed by atoms with E-state index in [1.54, 1.807) is 38.3 Å². The average Bonchev–Trinajstić information content (AvgIpc) is 3.13. The molecule has 4 amide bonds. The lowest BCUT2D eigenvalue weighted by molar-refractivity contribution is -0.135. The summed E-state index contributed by atoms with van der Waals surface area (Å²) in [7, 11) is 1.55. The number of furan rings is 1. The Bertz CT molecular complexity index is 950. The molecule has 0 spiro atoms. The molecule has 0 bridgehead atoms. The van der Waals surface area contributed by atoms with Crippen molar-refractivity contribution in [3.8, 4) is 5.75 Å². The van der Waals surface area contributed by atoms with Crippen molar-refractivity contribution in [2.45, 2.75) is 39.3 Å². The van der Waals surface area contributed by atoms with Gasteiger partial charge in [-0.2, -0.15) is 0 Å². The molecule has 29 heavy (non-hydrogen) atoms. The molecule has 1 aliphatic heterocycles. The van der Waals surface area contributed by atoms with Crippen LogP contribution in [0.2, 0.25) is 0 Å². The summed E-state index contributed by atoms with van der Waals surface area (Å²) in [6, 6.07) is 7.80. The third kappa shape index (κ3) is 3.83. The number of urea groups is 1. The van der Waals surface area contributed by atoms with E-state index in [1.807, 2.05) is 26.8 Å². The number of aryl methyl sites for hydroxylation is 2. The number of carbonyl (C=O) groups excluding carboxylic acids is 3. The Morgan fingerprint density at radius 3 is 2.48 bits per heavy atom. The van der Waals surface area contributed by atoms with Crippen molar-refractivity contribution in [3.05, 3.63) is 53.0 Å². The van der Waals surface area contributed by atoms with E-state index in [2.05, 4.69) is 10.6 Å². The van der Waals surface area contributed by atoms with Gasteiger partial charge in [0.1, 0.15) is 29.4 Å². The third-order valence-corrected chi connectivity index (χ3v) is 5.17. The zero-order valence-electron chi connectivity index (χ0n) is 17.2. The summed E-state index contributed by atoms with van der Waals surface area (Å²) in [4.78, 5) is 38.8. The van der Waals surface area contributed by atoms with E-state index in [4.69, 9.17) is 9.15 Å². The highest BCUT2D eigenvalue weighted by molar-refractivity contribution is 6.09. The highest BCUT2D eigenvalue weighted by Crippen LogP contribution is 2.30. The smallest absolute Gasteiger partial charge is 0.325 e. The fourth-order valence-electron chi connectivity index (χ4n) is 3.55. The molecule has 0 aliphatic carbocycles. The molecule has 2 atom stereocenters. The SMILES string of the molecule is COc1ccc(C2(C)NC(=O)N(CC(=O)NC(C)c3cc(C)oc3C)C2=O)cc1. The topological polar surface area (TPSA) is 101 Å². The molecule has 1 aromatic carbocycles. The molecule has 1 aliphatic rings. The van der Waals surface area contributed by atoms with Gasteiger partial charge in [0, 0.05) is 5.56 Å². The van der Waals surface area contributed by atoms with Crippen LogP contribution in [0.15, 0.2) is 34.7 Å². The number of hydrogen-bond acceptors (Lipinski definition) is 5. The molecule has 8 heteroatoms. The third-order valence-electron chi connectivity index (χ3n) is 5.17. The van der Waals surface area contributed by atoms with Gasteiger partial charge in [-0.15, -0.1) is 0 Å². The van der Waals surface area contributed by atoms with Gasteiger partial charge in [0.05, 0.1) is 13.2 Å². The van der Waals surface area contributed by atoms with Crippen molar-refractivity contribution in [3.63, 3.8) is 0 Å². The average molecular weight is 399 g/mol. The highest BCUT2D eigenvalue weighted by Gasteiger charge is 2.49. The largest absolute Gasteiger partial charge is 0.497 e.